The lowest BCUT2D eigenvalue weighted by Crippen LogP contribution is -2.24. The van der Waals surface area contributed by atoms with Gasteiger partial charge in [0.05, 0.1) is 18.8 Å². The molecule has 1 aromatic heterocycles. The molecule has 0 aliphatic carbocycles. The summed E-state index contributed by atoms with van der Waals surface area (Å²) in [6, 6.07) is 3.48. The van der Waals surface area contributed by atoms with Crippen molar-refractivity contribution < 1.29 is 14.6 Å². The molecule has 5 heteroatoms. The van der Waals surface area contributed by atoms with Gasteiger partial charge in [0.2, 0.25) is 0 Å². The Morgan fingerprint density at radius 3 is 3.19 bits per heavy atom. The van der Waals surface area contributed by atoms with E-state index in [1.54, 1.807) is 18.3 Å². The number of ether oxygens (including phenoxy) is 1. The van der Waals surface area contributed by atoms with Gasteiger partial charge in [0.25, 0.3) is 0 Å². The van der Waals surface area contributed by atoms with E-state index in [4.69, 9.17) is 9.84 Å². The van der Waals surface area contributed by atoms with E-state index >= 15 is 0 Å². The standard InChI is InChI=1S/C11H14N2O3/c1-2-6-16-11(15)13-7-10-9(8-14)4-3-5-12-10/h2-5,14H,1,6-8H2,(H,13,15). The molecule has 0 bridgehead atoms. The van der Waals surface area contributed by atoms with E-state index < -0.39 is 6.09 Å². The first-order valence-electron chi connectivity index (χ1n) is 4.83. The van der Waals surface area contributed by atoms with E-state index in [2.05, 4.69) is 16.9 Å². The van der Waals surface area contributed by atoms with Crippen LogP contribution in [0.15, 0.2) is 31.0 Å². The number of nitrogens with one attached hydrogen (secondary N) is 1. The number of rotatable bonds is 5. The number of carbonyl (C=O) groups is 1. The van der Waals surface area contributed by atoms with Crippen LogP contribution in [0.25, 0.3) is 0 Å². The van der Waals surface area contributed by atoms with Crippen molar-refractivity contribution in [2.45, 2.75) is 13.2 Å². The van der Waals surface area contributed by atoms with Crippen LogP contribution >= 0.6 is 0 Å². The maximum Gasteiger partial charge on any atom is 0.407 e. The van der Waals surface area contributed by atoms with Gasteiger partial charge in [-0.3, -0.25) is 4.98 Å². The van der Waals surface area contributed by atoms with Gasteiger partial charge in [0.1, 0.15) is 6.61 Å². The predicted molar refractivity (Wildman–Crippen MR) is 58.5 cm³/mol. The topological polar surface area (TPSA) is 71.5 Å². The van der Waals surface area contributed by atoms with Crippen LogP contribution in [0.2, 0.25) is 0 Å². The van der Waals surface area contributed by atoms with Crippen LogP contribution in [0, 0.1) is 0 Å². The van der Waals surface area contributed by atoms with Crippen LogP contribution in [0.1, 0.15) is 11.3 Å². The lowest BCUT2D eigenvalue weighted by Gasteiger charge is -2.07. The van der Waals surface area contributed by atoms with Gasteiger partial charge in [-0.2, -0.15) is 0 Å². The Morgan fingerprint density at radius 2 is 2.50 bits per heavy atom. The highest BCUT2D eigenvalue weighted by Gasteiger charge is 2.05. The summed E-state index contributed by atoms with van der Waals surface area (Å²) in [4.78, 5) is 15.2. The summed E-state index contributed by atoms with van der Waals surface area (Å²) >= 11 is 0. The molecule has 1 amide bonds. The highest BCUT2D eigenvalue weighted by molar-refractivity contribution is 5.67. The number of aliphatic hydroxyl groups excluding tert-OH is 1. The molecule has 2 N–H and O–H groups in total. The molecule has 0 spiro atoms. The average molecular weight is 222 g/mol. The molecular weight excluding hydrogens is 208 g/mol. The highest BCUT2D eigenvalue weighted by atomic mass is 16.5. The number of hydrogen-bond acceptors (Lipinski definition) is 4. The van der Waals surface area contributed by atoms with Gasteiger partial charge >= 0.3 is 6.09 Å². The number of amides is 1. The molecule has 1 heterocycles. The summed E-state index contributed by atoms with van der Waals surface area (Å²) in [5.41, 5.74) is 1.31. The minimum atomic E-state index is -0.533. The third-order valence-corrected chi connectivity index (χ3v) is 1.89. The summed E-state index contributed by atoms with van der Waals surface area (Å²) in [7, 11) is 0. The Balaban J connectivity index is 2.47. The first-order chi connectivity index (χ1) is 7.77. The normalized spacial score (nSPS) is 9.56. The Hall–Kier alpha value is -1.88. The molecule has 1 aromatic rings. The van der Waals surface area contributed by atoms with Gasteiger partial charge in [-0.15, -0.1) is 0 Å². The first kappa shape index (κ1) is 12.2. The van der Waals surface area contributed by atoms with Crippen molar-refractivity contribution in [2.75, 3.05) is 6.61 Å². The molecule has 0 fully saturated rings. The zero-order valence-electron chi connectivity index (χ0n) is 8.85. The number of aromatic nitrogens is 1. The largest absolute Gasteiger partial charge is 0.445 e. The molecule has 5 nitrogen and oxygen atoms in total. The molecule has 16 heavy (non-hydrogen) atoms. The molecule has 0 aliphatic heterocycles. The molecule has 0 aromatic carbocycles. The van der Waals surface area contributed by atoms with Crippen LogP contribution in [0.5, 0.6) is 0 Å². The smallest absolute Gasteiger partial charge is 0.407 e. The Kier molecular flexibility index (Phi) is 5.01. The Labute approximate surface area is 93.8 Å². The quantitative estimate of drug-likeness (QED) is 0.729. The fraction of sp³-hybridized carbons (Fsp3) is 0.273. The van der Waals surface area contributed by atoms with Crippen molar-refractivity contribution in [3.8, 4) is 0 Å². The molecular formula is C11H14N2O3. The van der Waals surface area contributed by atoms with Crippen LogP contribution < -0.4 is 5.32 Å². The third-order valence-electron chi connectivity index (χ3n) is 1.89. The SMILES string of the molecule is C=CCOC(=O)NCc1ncccc1CO. The second-order valence-corrected chi connectivity index (χ2v) is 3.01. The summed E-state index contributed by atoms with van der Waals surface area (Å²) in [5, 5.41) is 11.6. The molecule has 0 saturated carbocycles. The summed E-state index contributed by atoms with van der Waals surface area (Å²) in [6.45, 7) is 3.72. The monoisotopic (exact) mass is 222 g/mol. The van der Waals surface area contributed by atoms with Crippen molar-refractivity contribution in [1.82, 2.24) is 10.3 Å². The first-order valence-corrected chi connectivity index (χ1v) is 4.83. The molecule has 0 aliphatic rings. The molecule has 86 valence electrons. The maximum atomic E-state index is 11.1. The fourth-order valence-corrected chi connectivity index (χ4v) is 1.12. The molecule has 1 rings (SSSR count). The van der Waals surface area contributed by atoms with E-state index in [0.29, 0.717) is 11.3 Å². The van der Waals surface area contributed by atoms with E-state index in [0.717, 1.165) is 0 Å². The van der Waals surface area contributed by atoms with E-state index in [1.807, 2.05) is 0 Å². The minimum absolute atomic E-state index is 0.105. The van der Waals surface area contributed by atoms with Crippen molar-refractivity contribution in [1.29, 1.82) is 0 Å². The second-order valence-electron chi connectivity index (χ2n) is 3.01. The number of alkyl carbamates (subject to hydrolysis) is 1. The molecule has 0 atom stereocenters. The van der Waals surface area contributed by atoms with Crippen molar-refractivity contribution in [3.63, 3.8) is 0 Å². The van der Waals surface area contributed by atoms with Crippen molar-refractivity contribution in [2.24, 2.45) is 0 Å². The van der Waals surface area contributed by atoms with Crippen LogP contribution in [-0.2, 0) is 17.9 Å². The van der Waals surface area contributed by atoms with Crippen LogP contribution in [0.4, 0.5) is 4.79 Å². The molecule has 0 radical (unpaired) electrons. The highest BCUT2D eigenvalue weighted by Crippen LogP contribution is 2.04. The maximum absolute atomic E-state index is 11.1. The van der Waals surface area contributed by atoms with E-state index in [-0.39, 0.29) is 19.8 Å². The van der Waals surface area contributed by atoms with Gasteiger partial charge in [-0.25, -0.2) is 4.79 Å². The summed E-state index contributed by atoms with van der Waals surface area (Å²) < 4.78 is 4.73. The van der Waals surface area contributed by atoms with E-state index in [1.165, 1.54) is 6.08 Å². The second kappa shape index (κ2) is 6.58. The van der Waals surface area contributed by atoms with Gasteiger partial charge in [-0.1, -0.05) is 18.7 Å². The van der Waals surface area contributed by atoms with Crippen molar-refractivity contribution in [3.05, 3.63) is 42.2 Å². The lowest BCUT2D eigenvalue weighted by molar-refractivity contribution is 0.157. The Bertz CT molecular complexity index is 366. The third kappa shape index (κ3) is 3.70. The zero-order valence-corrected chi connectivity index (χ0v) is 8.85. The number of aliphatic hydroxyl groups is 1. The minimum Gasteiger partial charge on any atom is -0.445 e. The van der Waals surface area contributed by atoms with Gasteiger partial charge in [-0.05, 0) is 6.07 Å². The number of hydrogen-bond donors (Lipinski definition) is 2. The van der Waals surface area contributed by atoms with Gasteiger partial charge < -0.3 is 15.2 Å². The molecule has 0 saturated heterocycles. The van der Waals surface area contributed by atoms with E-state index in [9.17, 15) is 4.79 Å². The van der Waals surface area contributed by atoms with Crippen molar-refractivity contribution >= 4 is 6.09 Å². The zero-order chi connectivity index (χ0) is 11.8. The Morgan fingerprint density at radius 1 is 1.69 bits per heavy atom. The van der Waals surface area contributed by atoms with Crippen LogP contribution in [0.3, 0.4) is 0 Å². The predicted octanol–water partition coefficient (Wildman–Crippen LogP) is 0.986. The van der Waals surface area contributed by atoms with Gasteiger partial charge in [0, 0.05) is 11.8 Å². The fourth-order valence-electron chi connectivity index (χ4n) is 1.12. The lowest BCUT2D eigenvalue weighted by atomic mass is 10.2. The average Bonchev–Trinajstić information content (AvgIpc) is 2.34. The number of carbonyl (C=O) groups excluding carboxylic acids is 1. The van der Waals surface area contributed by atoms with Crippen LogP contribution in [-0.4, -0.2) is 22.8 Å². The number of pyridine rings is 1. The molecule has 0 unspecified atom stereocenters. The van der Waals surface area contributed by atoms with Gasteiger partial charge in [0.15, 0.2) is 0 Å². The summed E-state index contributed by atoms with van der Waals surface area (Å²) in [6.07, 6.45) is 2.56. The number of nitrogens with zero attached hydrogens (tertiary/aromatic N) is 1. The summed E-state index contributed by atoms with van der Waals surface area (Å²) in [5.74, 6) is 0.